The molecular formula is C19H24N4O. The lowest BCUT2D eigenvalue weighted by Crippen LogP contribution is -2.33. The average molecular weight is 324 g/mol. The summed E-state index contributed by atoms with van der Waals surface area (Å²) < 4.78 is 0. The number of carbonyl (C=O) groups is 1. The number of anilines is 2. The Hall–Kier alpha value is -2.43. The van der Waals surface area contributed by atoms with Gasteiger partial charge < -0.3 is 10.2 Å². The summed E-state index contributed by atoms with van der Waals surface area (Å²) in [6.45, 7) is 4.93. The van der Waals surface area contributed by atoms with Crippen LogP contribution in [0.1, 0.15) is 48.7 Å². The number of nitrogens with zero attached hydrogens (tertiary/aromatic N) is 3. The molecule has 5 nitrogen and oxygen atoms in total. The fourth-order valence-corrected chi connectivity index (χ4v) is 3.18. The minimum Gasteiger partial charge on any atom is -0.348 e. The topological polar surface area (TPSA) is 58.1 Å². The molecule has 1 aliphatic carbocycles. The second-order valence-corrected chi connectivity index (χ2v) is 6.30. The van der Waals surface area contributed by atoms with E-state index in [1.807, 2.05) is 6.07 Å². The second-order valence-electron chi connectivity index (χ2n) is 6.30. The third kappa shape index (κ3) is 3.72. The number of aromatic nitrogens is 2. The molecule has 126 valence electrons. The van der Waals surface area contributed by atoms with E-state index in [1.165, 1.54) is 18.4 Å². The summed E-state index contributed by atoms with van der Waals surface area (Å²) in [5, 5.41) is 3.04. The zero-order chi connectivity index (χ0) is 16.9. The number of benzene rings is 1. The Labute approximate surface area is 143 Å². The maximum absolute atomic E-state index is 12.2. The van der Waals surface area contributed by atoms with Crippen LogP contribution in [0.3, 0.4) is 0 Å². The van der Waals surface area contributed by atoms with Crippen molar-refractivity contribution in [2.24, 2.45) is 0 Å². The quantitative estimate of drug-likeness (QED) is 0.912. The number of hydrogen-bond acceptors (Lipinski definition) is 4. The van der Waals surface area contributed by atoms with Gasteiger partial charge in [-0.15, -0.1) is 0 Å². The van der Waals surface area contributed by atoms with Crippen molar-refractivity contribution < 1.29 is 4.79 Å². The summed E-state index contributed by atoms with van der Waals surface area (Å²) in [6, 6.07) is 8.56. The molecule has 5 heteroatoms. The van der Waals surface area contributed by atoms with Crippen LogP contribution in [-0.4, -0.2) is 28.5 Å². The van der Waals surface area contributed by atoms with Crippen molar-refractivity contribution in [3.8, 4) is 0 Å². The van der Waals surface area contributed by atoms with Crippen molar-refractivity contribution in [1.29, 1.82) is 0 Å². The largest absolute Gasteiger partial charge is 0.348 e. The van der Waals surface area contributed by atoms with Crippen LogP contribution < -0.4 is 10.2 Å². The van der Waals surface area contributed by atoms with Crippen LogP contribution in [0, 0.1) is 6.92 Å². The molecule has 0 atom stereocenters. The van der Waals surface area contributed by atoms with Crippen LogP contribution in [0.2, 0.25) is 0 Å². The van der Waals surface area contributed by atoms with Crippen molar-refractivity contribution in [1.82, 2.24) is 15.3 Å². The lowest BCUT2D eigenvalue weighted by Gasteiger charge is -2.22. The average Bonchev–Trinajstić information content (AvgIpc) is 3.09. The Balaban J connectivity index is 1.73. The summed E-state index contributed by atoms with van der Waals surface area (Å²) >= 11 is 0. The number of carbonyl (C=O) groups excluding carboxylic acids is 1. The van der Waals surface area contributed by atoms with Gasteiger partial charge in [0, 0.05) is 18.3 Å². The summed E-state index contributed by atoms with van der Waals surface area (Å²) in [5.41, 5.74) is 2.66. The maximum Gasteiger partial charge on any atom is 0.271 e. The van der Waals surface area contributed by atoms with E-state index in [2.05, 4.69) is 52.2 Å². The van der Waals surface area contributed by atoms with Crippen LogP contribution >= 0.6 is 0 Å². The monoisotopic (exact) mass is 324 g/mol. The molecule has 24 heavy (non-hydrogen) atoms. The van der Waals surface area contributed by atoms with Crippen LogP contribution in [0.25, 0.3) is 0 Å². The molecule has 1 aromatic carbocycles. The van der Waals surface area contributed by atoms with Gasteiger partial charge in [0.2, 0.25) is 0 Å². The molecule has 1 aromatic heterocycles. The molecule has 0 aliphatic heterocycles. The van der Waals surface area contributed by atoms with Crippen molar-refractivity contribution in [2.75, 3.05) is 11.4 Å². The van der Waals surface area contributed by atoms with E-state index in [1.54, 1.807) is 12.4 Å². The van der Waals surface area contributed by atoms with Gasteiger partial charge in [0.05, 0.1) is 12.4 Å². The highest BCUT2D eigenvalue weighted by Gasteiger charge is 2.19. The van der Waals surface area contributed by atoms with E-state index in [-0.39, 0.29) is 5.91 Å². The number of rotatable bonds is 5. The molecule has 1 saturated carbocycles. The van der Waals surface area contributed by atoms with E-state index >= 15 is 0 Å². The molecule has 0 radical (unpaired) electrons. The first kappa shape index (κ1) is 16.4. The van der Waals surface area contributed by atoms with E-state index in [0.29, 0.717) is 11.7 Å². The van der Waals surface area contributed by atoms with Crippen LogP contribution in [0.4, 0.5) is 11.5 Å². The summed E-state index contributed by atoms with van der Waals surface area (Å²) in [6.07, 6.45) is 7.75. The highest BCUT2D eigenvalue weighted by atomic mass is 16.1. The molecule has 1 fully saturated rings. The minimum atomic E-state index is -0.125. The number of nitrogens with one attached hydrogen (secondary N) is 1. The van der Waals surface area contributed by atoms with Crippen LogP contribution in [-0.2, 0) is 0 Å². The number of aryl methyl sites for hydroxylation is 1. The lowest BCUT2D eigenvalue weighted by molar-refractivity contribution is 0.0932. The fraction of sp³-hybridized carbons (Fsp3) is 0.421. The van der Waals surface area contributed by atoms with Crippen LogP contribution in [0.15, 0.2) is 36.7 Å². The zero-order valence-electron chi connectivity index (χ0n) is 14.3. The van der Waals surface area contributed by atoms with Gasteiger partial charge in [-0.2, -0.15) is 0 Å². The van der Waals surface area contributed by atoms with Gasteiger partial charge in [0.15, 0.2) is 5.82 Å². The van der Waals surface area contributed by atoms with Crippen molar-refractivity contribution >= 4 is 17.4 Å². The normalized spacial score (nSPS) is 14.6. The molecule has 1 N–H and O–H groups in total. The van der Waals surface area contributed by atoms with Gasteiger partial charge in [-0.25, -0.2) is 9.97 Å². The van der Waals surface area contributed by atoms with E-state index in [9.17, 15) is 4.79 Å². The first-order chi connectivity index (χ1) is 11.7. The first-order valence-electron chi connectivity index (χ1n) is 8.64. The molecule has 0 saturated heterocycles. The minimum absolute atomic E-state index is 0.125. The van der Waals surface area contributed by atoms with E-state index in [4.69, 9.17) is 0 Å². The first-order valence-corrected chi connectivity index (χ1v) is 8.64. The van der Waals surface area contributed by atoms with Gasteiger partial charge in [-0.05, 0) is 44.4 Å². The summed E-state index contributed by atoms with van der Waals surface area (Å²) in [5.74, 6) is 0.625. The predicted octanol–water partition coefficient (Wildman–Crippen LogP) is 3.62. The van der Waals surface area contributed by atoms with Gasteiger partial charge in [-0.3, -0.25) is 4.79 Å². The molecule has 0 unspecified atom stereocenters. The van der Waals surface area contributed by atoms with E-state index < -0.39 is 0 Å². The van der Waals surface area contributed by atoms with Gasteiger partial charge >= 0.3 is 0 Å². The summed E-state index contributed by atoms with van der Waals surface area (Å²) in [4.78, 5) is 23.1. The fourth-order valence-electron chi connectivity index (χ4n) is 3.18. The smallest absolute Gasteiger partial charge is 0.271 e. The molecule has 2 aromatic rings. The van der Waals surface area contributed by atoms with Gasteiger partial charge in [0.1, 0.15) is 5.69 Å². The third-order valence-electron chi connectivity index (χ3n) is 4.47. The molecular weight excluding hydrogens is 300 g/mol. The van der Waals surface area contributed by atoms with Crippen molar-refractivity contribution in [2.45, 2.75) is 45.6 Å². The number of amides is 1. The number of hydrogen-bond donors (Lipinski definition) is 1. The molecule has 1 heterocycles. The Morgan fingerprint density at radius 1 is 1.25 bits per heavy atom. The third-order valence-corrected chi connectivity index (χ3v) is 4.47. The van der Waals surface area contributed by atoms with Crippen molar-refractivity contribution in [3.05, 3.63) is 47.9 Å². The zero-order valence-corrected chi connectivity index (χ0v) is 14.3. The molecule has 3 rings (SSSR count). The second kappa shape index (κ2) is 7.43. The maximum atomic E-state index is 12.2. The molecule has 0 spiro atoms. The Morgan fingerprint density at radius 3 is 2.67 bits per heavy atom. The Kier molecular flexibility index (Phi) is 5.08. The Morgan fingerprint density at radius 2 is 2.04 bits per heavy atom. The highest BCUT2D eigenvalue weighted by molar-refractivity contribution is 5.92. The lowest BCUT2D eigenvalue weighted by atomic mass is 10.2. The van der Waals surface area contributed by atoms with Crippen LogP contribution in [0.5, 0.6) is 0 Å². The SMILES string of the molecule is CCN(c1cccc(C)c1)c1cnc(C(=O)NC2CCCC2)cn1. The highest BCUT2D eigenvalue weighted by Crippen LogP contribution is 2.23. The Bertz CT molecular complexity index is 693. The standard InChI is InChI=1S/C19H24N4O/c1-3-23(16-10-6-7-14(2)11-16)18-13-20-17(12-21-18)19(24)22-15-8-4-5-9-15/h6-7,10-13,15H,3-5,8-9H2,1-2H3,(H,22,24). The molecule has 1 amide bonds. The van der Waals surface area contributed by atoms with Gasteiger partial charge in [-0.1, -0.05) is 25.0 Å². The summed E-state index contributed by atoms with van der Waals surface area (Å²) in [7, 11) is 0. The van der Waals surface area contributed by atoms with Gasteiger partial charge in [0.25, 0.3) is 5.91 Å². The predicted molar refractivity (Wildman–Crippen MR) is 95.6 cm³/mol. The van der Waals surface area contributed by atoms with E-state index in [0.717, 1.165) is 30.9 Å². The molecule has 0 bridgehead atoms. The molecule has 1 aliphatic rings. The van der Waals surface area contributed by atoms with Crippen molar-refractivity contribution in [3.63, 3.8) is 0 Å².